The van der Waals surface area contributed by atoms with E-state index in [9.17, 15) is 24.3 Å². The number of hydrogen-bond acceptors (Lipinski definition) is 7. The van der Waals surface area contributed by atoms with Crippen molar-refractivity contribution in [1.29, 1.82) is 0 Å². The number of benzene rings is 1. The summed E-state index contributed by atoms with van der Waals surface area (Å²) in [5, 5.41) is 12.9. The van der Waals surface area contributed by atoms with Gasteiger partial charge in [-0.2, -0.15) is 0 Å². The molecule has 2 aromatic rings. The van der Waals surface area contributed by atoms with Crippen LogP contribution < -0.4 is 11.4 Å². The Morgan fingerprint density at radius 2 is 1.80 bits per heavy atom. The van der Waals surface area contributed by atoms with Gasteiger partial charge in [0.2, 0.25) is 5.78 Å². The van der Waals surface area contributed by atoms with Crippen molar-refractivity contribution in [3.05, 3.63) is 75.3 Å². The lowest BCUT2D eigenvalue weighted by Gasteiger charge is -2.60. The number of hydrogen-bond donors (Lipinski definition) is 1. The Labute approximate surface area is 260 Å². The minimum atomic E-state index is -1.85. The normalized spacial score (nSPS) is 36.1. The smallest absolute Gasteiger partial charge is 0.352 e. The third kappa shape index (κ3) is 4.02. The third-order valence-electron chi connectivity index (χ3n) is 11.5. The largest absolute Gasteiger partial charge is 0.488 e. The molecule has 0 unspecified atom stereocenters. The maximum absolute atomic E-state index is 14.3. The molecular formula is C33H40ClN3O7. The molecule has 0 spiro atoms. The van der Waals surface area contributed by atoms with Crippen LogP contribution in [0.5, 0.6) is 0 Å². The highest BCUT2D eigenvalue weighted by Crippen LogP contribution is 2.71. The fourth-order valence-electron chi connectivity index (χ4n) is 9.15. The van der Waals surface area contributed by atoms with Crippen LogP contribution in [-0.4, -0.2) is 54.5 Å². The Kier molecular flexibility index (Phi) is 7.40. The second kappa shape index (κ2) is 10.6. The van der Waals surface area contributed by atoms with E-state index in [4.69, 9.17) is 21.1 Å². The average molecular weight is 626 g/mol. The fourth-order valence-corrected chi connectivity index (χ4v) is 9.21. The Morgan fingerprint density at radius 3 is 2.45 bits per heavy atom. The summed E-state index contributed by atoms with van der Waals surface area (Å²) in [6, 6.07) is 8.80. The van der Waals surface area contributed by atoms with Gasteiger partial charge in [-0.15, -0.1) is 11.6 Å². The highest BCUT2D eigenvalue weighted by Gasteiger charge is 2.79. The molecule has 3 fully saturated rings. The Balaban J connectivity index is 1.48. The third-order valence-corrected chi connectivity index (χ3v) is 11.8. The lowest BCUT2D eigenvalue weighted by atomic mass is 9.46. The molecule has 0 radical (unpaired) electrons. The van der Waals surface area contributed by atoms with E-state index in [1.54, 1.807) is 31.2 Å². The number of aliphatic hydroxyl groups is 1. The molecule has 3 saturated carbocycles. The first-order chi connectivity index (χ1) is 20.8. The van der Waals surface area contributed by atoms with Gasteiger partial charge in [0.05, 0.1) is 24.5 Å². The van der Waals surface area contributed by atoms with Gasteiger partial charge in [-0.05, 0) is 61.6 Å². The highest BCUT2D eigenvalue weighted by atomic mass is 35.5. The number of ketones is 1. The van der Waals surface area contributed by atoms with Gasteiger partial charge in [0.1, 0.15) is 17.6 Å². The number of halogens is 1. The number of carbonyl (C=O) groups excluding carboxylic acids is 2. The van der Waals surface area contributed by atoms with E-state index in [-0.39, 0.29) is 36.7 Å². The average Bonchev–Trinajstić information content (AvgIpc) is 3.38. The van der Waals surface area contributed by atoms with Gasteiger partial charge in [0.25, 0.3) is 0 Å². The summed E-state index contributed by atoms with van der Waals surface area (Å²) >= 11 is 5.92. The molecular weight excluding hydrogens is 586 g/mol. The molecule has 0 saturated heterocycles. The van der Waals surface area contributed by atoms with E-state index in [0.717, 1.165) is 12.0 Å². The van der Waals surface area contributed by atoms with E-state index >= 15 is 0 Å². The van der Waals surface area contributed by atoms with Crippen LogP contribution in [0.2, 0.25) is 0 Å². The summed E-state index contributed by atoms with van der Waals surface area (Å²) in [7, 11) is 0. The molecule has 1 N–H and O–H groups in total. The molecule has 44 heavy (non-hydrogen) atoms. The van der Waals surface area contributed by atoms with Crippen LogP contribution >= 0.6 is 11.6 Å². The number of ether oxygens (including phenoxy) is 2. The number of aromatic nitrogens is 3. The first-order valence-corrected chi connectivity index (χ1v) is 15.9. The number of para-hydroxylation sites is 1. The summed E-state index contributed by atoms with van der Waals surface area (Å²) in [5.41, 5.74) is -3.37. The van der Waals surface area contributed by atoms with Crippen LogP contribution in [0.1, 0.15) is 53.4 Å². The maximum atomic E-state index is 14.3. The maximum Gasteiger partial charge on any atom is 0.352 e. The van der Waals surface area contributed by atoms with Crippen LogP contribution in [0.3, 0.4) is 0 Å². The molecule has 10 nitrogen and oxygen atoms in total. The molecule has 2 heterocycles. The van der Waals surface area contributed by atoms with Crippen molar-refractivity contribution in [1.82, 2.24) is 13.9 Å². The second-order valence-corrected chi connectivity index (χ2v) is 13.6. The van der Waals surface area contributed by atoms with Crippen LogP contribution in [0.15, 0.2) is 63.9 Å². The predicted octanol–water partition coefficient (Wildman–Crippen LogP) is 3.59. The van der Waals surface area contributed by atoms with Gasteiger partial charge in [-0.25, -0.2) is 23.5 Å². The Morgan fingerprint density at radius 1 is 1.11 bits per heavy atom. The molecule has 3 aliphatic carbocycles. The molecule has 2 bridgehead atoms. The fraction of sp³-hybridized carbons (Fsp3) is 0.576. The number of nitrogens with zero attached hydrogens (tertiary/aromatic N) is 3. The number of allylic oxidation sites excluding steroid dienone is 3. The number of fused-ring (bicyclic) bond motifs is 1. The minimum absolute atomic E-state index is 0.152. The van der Waals surface area contributed by atoms with E-state index < -0.39 is 51.8 Å². The zero-order valence-electron chi connectivity index (χ0n) is 25.6. The van der Waals surface area contributed by atoms with E-state index in [2.05, 4.69) is 13.5 Å². The molecule has 0 amide bonds. The second-order valence-electron chi connectivity index (χ2n) is 13.4. The highest BCUT2D eigenvalue weighted by molar-refractivity contribution is 6.26. The lowest BCUT2D eigenvalue weighted by Crippen LogP contribution is -2.69. The van der Waals surface area contributed by atoms with Crippen molar-refractivity contribution in [2.75, 3.05) is 5.88 Å². The van der Waals surface area contributed by atoms with Crippen LogP contribution in [0.4, 0.5) is 0 Å². The first-order valence-electron chi connectivity index (χ1n) is 15.3. The van der Waals surface area contributed by atoms with Gasteiger partial charge >= 0.3 is 17.3 Å². The molecule has 236 valence electrons. The predicted molar refractivity (Wildman–Crippen MR) is 163 cm³/mol. The monoisotopic (exact) mass is 625 g/mol. The first kappa shape index (κ1) is 30.6. The van der Waals surface area contributed by atoms with Gasteiger partial charge in [-0.1, -0.05) is 51.6 Å². The SMILES string of the molecule is C=C(C)O[C@H]1C[C@@]23CC[C@@H](C)[C@@](C)([C@H](OC(=O)CCl)C[C@@H](C4=CCn5c(=O)n(-c6ccccc6)c(=O)n5C4)[C@@H]2C)[C@]3(O)C1=O. The standard InChI is InChI=1S/C33H40ClN3O7/c1-19(2)43-25-16-32-13-11-20(3)31(5,33(32,42)28(25)39)26(44-27(38)17-34)15-24(21(32)4)22-12-14-35-29(40)37(30(41)36(35)18-22)23-9-7-6-8-10-23/h6-10,12,20-21,24-26,42H,1,11,13-18H2,2-5H3/t20-,21+,24-,25+,26-,31+,32+,33-/m1/s1. The van der Waals surface area contributed by atoms with Crippen molar-refractivity contribution in [2.24, 2.45) is 28.6 Å². The molecule has 11 heteroatoms. The van der Waals surface area contributed by atoms with Crippen molar-refractivity contribution in [2.45, 2.75) is 84.3 Å². The van der Waals surface area contributed by atoms with Gasteiger partial charge in [0, 0.05) is 17.3 Å². The van der Waals surface area contributed by atoms with Gasteiger partial charge < -0.3 is 14.6 Å². The van der Waals surface area contributed by atoms with Crippen LogP contribution in [-0.2, 0) is 32.2 Å². The van der Waals surface area contributed by atoms with Gasteiger partial charge in [0.15, 0.2) is 6.10 Å². The summed E-state index contributed by atoms with van der Waals surface area (Å²) in [5.74, 6) is -1.72. The molecule has 4 aliphatic rings. The summed E-state index contributed by atoms with van der Waals surface area (Å²) in [4.78, 5) is 54.1. The number of esters is 1. The Hall–Kier alpha value is -3.37. The zero-order valence-corrected chi connectivity index (χ0v) is 26.4. The molecule has 1 aromatic carbocycles. The van der Waals surface area contributed by atoms with Crippen LogP contribution in [0.25, 0.3) is 5.69 Å². The van der Waals surface area contributed by atoms with E-state index in [0.29, 0.717) is 30.7 Å². The number of carbonyl (C=O) groups is 2. The van der Waals surface area contributed by atoms with Crippen molar-refractivity contribution in [3.8, 4) is 5.69 Å². The van der Waals surface area contributed by atoms with Crippen molar-refractivity contribution in [3.63, 3.8) is 0 Å². The number of Topliss-reactive ketones (excluding diaryl/α,β-unsaturated/α-hetero) is 1. The lowest BCUT2D eigenvalue weighted by molar-refractivity contribution is -0.234. The van der Waals surface area contributed by atoms with E-state index in [1.165, 1.54) is 13.9 Å². The molecule has 1 aliphatic heterocycles. The number of alkyl halides is 1. The zero-order chi connectivity index (χ0) is 31.8. The molecule has 8 atom stereocenters. The summed E-state index contributed by atoms with van der Waals surface area (Å²) in [6.07, 6.45) is 2.17. The van der Waals surface area contributed by atoms with E-state index in [1.807, 2.05) is 26.0 Å². The van der Waals surface area contributed by atoms with Gasteiger partial charge in [-0.3, -0.25) is 9.59 Å². The molecule has 1 aromatic heterocycles. The minimum Gasteiger partial charge on any atom is -0.488 e. The van der Waals surface area contributed by atoms with Crippen molar-refractivity contribution >= 4 is 23.4 Å². The summed E-state index contributed by atoms with van der Waals surface area (Å²) < 4.78 is 16.1. The Bertz CT molecular complexity index is 1670. The molecule has 6 rings (SSSR count). The van der Waals surface area contributed by atoms with Crippen molar-refractivity contribution < 1.29 is 24.2 Å². The number of rotatable bonds is 6. The van der Waals surface area contributed by atoms with Crippen LogP contribution in [0, 0.1) is 28.6 Å². The quantitative estimate of drug-likeness (QED) is 0.225. The summed E-state index contributed by atoms with van der Waals surface area (Å²) in [6.45, 7) is 11.8. The topological polar surface area (TPSA) is 122 Å².